The minimum absolute atomic E-state index is 0.0336. The average molecular weight is 327 g/mol. The van der Waals surface area contributed by atoms with Crippen molar-refractivity contribution >= 4 is 17.7 Å². The van der Waals surface area contributed by atoms with E-state index in [0.29, 0.717) is 6.42 Å². The lowest BCUT2D eigenvalue weighted by Gasteiger charge is -2.16. The fraction of sp³-hybridized carbons (Fsp3) is 0.438. The van der Waals surface area contributed by atoms with E-state index in [9.17, 15) is 23.2 Å². The number of methoxy groups -OCH3 is 1. The van der Waals surface area contributed by atoms with Crippen LogP contribution in [0.2, 0.25) is 0 Å². The second-order valence-corrected chi connectivity index (χ2v) is 5.00. The number of esters is 1. The van der Waals surface area contributed by atoms with Gasteiger partial charge in [-0.1, -0.05) is 13.0 Å². The van der Waals surface area contributed by atoms with Gasteiger partial charge in [0.05, 0.1) is 13.5 Å². The molecule has 0 saturated heterocycles. The third-order valence-corrected chi connectivity index (χ3v) is 3.28. The maximum atomic E-state index is 13.1. The van der Waals surface area contributed by atoms with Crippen LogP contribution in [0.3, 0.4) is 0 Å². The average Bonchev–Trinajstić information content (AvgIpc) is 2.53. The number of rotatable bonds is 8. The summed E-state index contributed by atoms with van der Waals surface area (Å²) < 4.78 is 30.5. The molecule has 0 fully saturated rings. The van der Waals surface area contributed by atoms with Crippen LogP contribution in [0.4, 0.5) is 8.78 Å². The molecule has 0 bridgehead atoms. The van der Waals surface area contributed by atoms with E-state index in [1.165, 1.54) is 13.2 Å². The van der Waals surface area contributed by atoms with E-state index in [1.54, 1.807) is 6.92 Å². The Morgan fingerprint density at radius 1 is 1.22 bits per heavy atom. The lowest BCUT2D eigenvalue weighted by molar-refractivity contribution is -0.145. The van der Waals surface area contributed by atoms with Gasteiger partial charge in [-0.25, -0.2) is 13.6 Å². The van der Waals surface area contributed by atoms with E-state index >= 15 is 0 Å². The molecule has 0 spiro atoms. The number of hydrogen-bond acceptors (Lipinski definition) is 4. The third-order valence-electron chi connectivity index (χ3n) is 3.28. The summed E-state index contributed by atoms with van der Waals surface area (Å²) in [6, 6.07) is 2.18. The van der Waals surface area contributed by atoms with Crippen LogP contribution in [0, 0.1) is 11.6 Å². The van der Waals surface area contributed by atoms with E-state index in [4.69, 9.17) is 0 Å². The highest BCUT2D eigenvalue weighted by Crippen LogP contribution is 2.10. The number of nitrogens with one attached hydrogen (secondary N) is 1. The fourth-order valence-corrected chi connectivity index (χ4v) is 1.95. The number of Topliss-reactive ketones (excluding diaryl/α,β-unsaturated/α-hetero) is 1. The van der Waals surface area contributed by atoms with Gasteiger partial charge in [-0.05, 0) is 24.1 Å². The van der Waals surface area contributed by atoms with Crippen LogP contribution in [0.15, 0.2) is 18.2 Å². The van der Waals surface area contributed by atoms with Crippen LogP contribution in [-0.4, -0.2) is 30.8 Å². The molecule has 0 aliphatic carbocycles. The zero-order valence-electron chi connectivity index (χ0n) is 13.0. The molecule has 1 rings (SSSR count). The van der Waals surface area contributed by atoms with Gasteiger partial charge in [-0.2, -0.15) is 0 Å². The van der Waals surface area contributed by atoms with Crippen LogP contribution >= 0.6 is 0 Å². The van der Waals surface area contributed by atoms with Crippen molar-refractivity contribution in [3.05, 3.63) is 35.4 Å². The van der Waals surface area contributed by atoms with Gasteiger partial charge < -0.3 is 10.1 Å². The smallest absolute Gasteiger partial charge is 0.328 e. The molecule has 1 amide bonds. The molecule has 5 nitrogen and oxygen atoms in total. The molecule has 0 saturated carbocycles. The van der Waals surface area contributed by atoms with Crippen LogP contribution in [0.5, 0.6) is 0 Å². The first-order valence-electron chi connectivity index (χ1n) is 7.20. The van der Waals surface area contributed by atoms with Gasteiger partial charge in [0.15, 0.2) is 11.6 Å². The summed E-state index contributed by atoms with van der Waals surface area (Å²) in [4.78, 5) is 34.9. The number of ether oxygens (including phenoxy) is 1. The summed E-state index contributed by atoms with van der Waals surface area (Å²) in [5.74, 6) is -3.29. The number of hydrogen-bond donors (Lipinski definition) is 1. The summed E-state index contributed by atoms with van der Waals surface area (Å²) in [6.07, 6.45) is 0.397. The van der Waals surface area contributed by atoms with Crippen molar-refractivity contribution < 1.29 is 27.9 Å². The largest absolute Gasteiger partial charge is 0.467 e. The molecule has 126 valence electrons. The molecule has 0 aromatic heterocycles. The Kier molecular flexibility index (Phi) is 7.31. The molecule has 1 N–H and O–H groups in total. The summed E-state index contributed by atoms with van der Waals surface area (Å²) >= 11 is 0. The number of carbonyl (C=O) groups is 3. The molecular formula is C16H19F2NO4. The van der Waals surface area contributed by atoms with E-state index in [0.717, 1.165) is 12.1 Å². The molecular weight excluding hydrogens is 308 g/mol. The maximum absolute atomic E-state index is 13.1. The van der Waals surface area contributed by atoms with Crippen molar-refractivity contribution in [1.82, 2.24) is 5.32 Å². The van der Waals surface area contributed by atoms with Crippen molar-refractivity contribution in [2.75, 3.05) is 7.11 Å². The number of benzene rings is 1. The molecule has 1 aromatic carbocycles. The highest BCUT2D eigenvalue weighted by molar-refractivity contribution is 5.86. The van der Waals surface area contributed by atoms with Crippen LogP contribution < -0.4 is 5.32 Å². The highest BCUT2D eigenvalue weighted by atomic mass is 19.2. The monoisotopic (exact) mass is 327 g/mol. The minimum atomic E-state index is -1.05. The van der Waals surface area contributed by atoms with Gasteiger partial charge in [0.2, 0.25) is 5.91 Å². The normalized spacial score (nSPS) is 11.7. The summed E-state index contributed by atoms with van der Waals surface area (Å²) in [7, 11) is 1.18. The van der Waals surface area contributed by atoms with Gasteiger partial charge in [-0.3, -0.25) is 9.59 Å². The highest BCUT2D eigenvalue weighted by Gasteiger charge is 2.22. The van der Waals surface area contributed by atoms with E-state index in [1.807, 2.05) is 0 Å². The van der Waals surface area contributed by atoms with Gasteiger partial charge in [0.1, 0.15) is 11.8 Å². The number of carbonyl (C=O) groups excluding carboxylic acids is 3. The van der Waals surface area contributed by atoms with Crippen molar-refractivity contribution in [1.29, 1.82) is 0 Å². The predicted molar refractivity (Wildman–Crippen MR) is 78.5 cm³/mol. The maximum Gasteiger partial charge on any atom is 0.328 e. The van der Waals surface area contributed by atoms with Gasteiger partial charge in [0, 0.05) is 12.8 Å². The molecule has 1 aromatic rings. The first kappa shape index (κ1) is 18.7. The minimum Gasteiger partial charge on any atom is -0.467 e. The first-order chi connectivity index (χ1) is 10.9. The van der Waals surface area contributed by atoms with E-state index < -0.39 is 29.6 Å². The standard InChI is InChI=1S/C16H19F2NO4/c1-3-11(20)5-7-14(16(22)23-2)19-15(21)9-10-4-6-12(17)13(18)8-10/h4,6,8,14H,3,5,7,9H2,1-2H3,(H,19,21)/t14-/m1/s1. The Bertz CT molecular complexity index is 589. The van der Waals surface area contributed by atoms with Crippen LogP contribution in [-0.2, 0) is 25.5 Å². The second kappa shape index (κ2) is 8.97. The zero-order chi connectivity index (χ0) is 17.4. The Labute approximate surface area is 133 Å². The zero-order valence-corrected chi connectivity index (χ0v) is 13.0. The summed E-state index contributed by atoms with van der Waals surface area (Å²) in [5.41, 5.74) is 0.273. The molecule has 23 heavy (non-hydrogen) atoms. The first-order valence-corrected chi connectivity index (χ1v) is 7.20. The SMILES string of the molecule is CCC(=O)CC[C@@H](NC(=O)Cc1ccc(F)c(F)c1)C(=O)OC. The molecule has 0 radical (unpaired) electrons. The Balaban J connectivity index is 2.66. The molecule has 0 aliphatic rings. The fourth-order valence-electron chi connectivity index (χ4n) is 1.95. The molecule has 1 atom stereocenters. The van der Waals surface area contributed by atoms with Gasteiger partial charge in [-0.15, -0.1) is 0 Å². The lowest BCUT2D eigenvalue weighted by atomic mass is 10.1. The molecule has 7 heteroatoms. The van der Waals surface area contributed by atoms with Crippen LogP contribution in [0.1, 0.15) is 31.7 Å². The van der Waals surface area contributed by atoms with Crippen LogP contribution in [0.25, 0.3) is 0 Å². The third kappa shape index (κ3) is 6.14. The Hall–Kier alpha value is -2.31. The number of halogens is 2. The number of amides is 1. The van der Waals surface area contributed by atoms with Crippen molar-refractivity contribution in [2.24, 2.45) is 0 Å². The Morgan fingerprint density at radius 3 is 2.48 bits per heavy atom. The quantitative estimate of drug-likeness (QED) is 0.741. The summed E-state index contributed by atoms with van der Waals surface area (Å²) in [6.45, 7) is 1.71. The van der Waals surface area contributed by atoms with Crippen molar-refractivity contribution in [3.63, 3.8) is 0 Å². The molecule has 0 heterocycles. The van der Waals surface area contributed by atoms with Gasteiger partial charge in [0.25, 0.3) is 0 Å². The van der Waals surface area contributed by atoms with Crippen molar-refractivity contribution in [3.8, 4) is 0 Å². The van der Waals surface area contributed by atoms with Crippen molar-refractivity contribution in [2.45, 2.75) is 38.6 Å². The lowest BCUT2D eigenvalue weighted by Crippen LogP contribution is -2.42. The summed E-state index contributed by atoms with van der Waals surface area (Å²) in [5, 5.41) is 2.45. The predicted octanol–water partition coefficient (Wildman–Crippen LogP) is 1.92. The van der Waals surface area contributed by atoms with E-state index in [-0.39, 0.29) is 30.6 Å². The second-order valence-electron chi connectivity index (χ2n) is 5.00. The Morgan fingerprint density at radius 2 is 1.91 bits per heavy atom. The van der Waals surface area contributed by atoms with E-state index in [2.05, 4.69) is 10.1 Å². The molecule has 0 unspecified atom stereocenters. The van der Waals surface area contributed by atoms with Gasteiger partial charge >= 0.3 is 5.97 Å². The molecule has 0 aliphatic heterocycles. The number of ketones is 1. The topological polar surface area (TPSA) is 72.5 Å².